The van der Waals surface area contributed by atoms with Crippen molar-refractivity contribution in [2.75, 3.05) is 6.54 Å². The van der Waals surface area contributed by atoms with Gasteiger partial charge in [0.2, 0.25) is 0 Å². The van der Waals surface area contributed by atoms with E-state index in [1.165, 1.54) is 9.75 Å². The first kappa shape index (κ1) is 12.4. The van der Waals surface area contributed by atoms with Crippen molar-refractivity contribution in [3.05, 3.63) is 46.0 Å². The maximum absolute atomic E-state index is 5.38. The first-order chi connectivity index (χ1) is 8.29. The van der Waals surface area contributed by atoms with E-state index in [-0.39, 0.29) is 0 Å². The standard InChI is InChI=1S/C14H19NOS/c1-3-15-13(14-9-6-11(2)17-14)8-7-12-5-4-10-16-12/h4-6,9-10,13,15H,3,7-8H2,1-2H3. The second-order valence-electron chi connectivity index (χ2n) is 4.18. The fourth-order valence-electron chi connectivity index (χ4n) is 1.97. The molecule has 0 spiro atoms. The molecule has 2 rings (SSSR count). The molecule has 0 aliphatic heterocycles. The third-order valence-corrected chi connectivity index (χ3v) is 3.93. The van der Waals surface area contributed by atoms with Crippen LogP contribution >= 0.6 is 11.3 Å². The van der Waals surface area contributed by atoms with Crippen LogP contribution in [0, 0.1) is 6.92 Å². The van der Waals surface area contributed by atoms with Crippen molar-refractivity contribution in [3.8, 4) is 0 Å². The van der Waals surface area contributed by atoms with Crippen molar-refractivity contribution in [2.24, 2.45) is 0 Å². The molecule has 1 N–H and O–H groups in total. The molecular weight excluding hydrogens is 230 g/mol. The van der Waals surface area contributed by atoms with Gasteiger partial charge in [-0.25, -0.2) is 0 Å². The van der Waals surface area contributed by atoms with Gasteiger partial charge in [-0.15, -0.1) is 11.3 Å². The topological polar surface area (TPSA) is 25.2 Å². The average Bonchev–Trinajstić information content (AvgIpc) is 2.95. The number of rotatable bonds is 6. The van der Waals surface area contributed by atoms with Crippen LogP contribution in [0.4, 0.5) is 0 Å². The van der Waals surface area contributed by atoms with E-state index < -0.39 is 0 Å². The van der Waals surface area contributed by atoms with E-state index in [0.29, 0.717) is 6.04 Å². The second kappa shape index (κ2) is 6.03. The summed E-state index contributed by atoms with van der Waals surface area (Å²) in [5, 5.41) is 3.54. The van der Waals surface area contributed by atoms with E-state index >= 15 is 0 Å². The highest BCUT2D eigenvalue weighted by atomic mass is 32.1. The van der Waals surface area contributed by atoms with E-state index in [4.69, 9.17) is 4.42 Å². The Labute approximate surface area is 107 Å². The monoisotopic (exact) mass is 249 g/mol. The van der Waals surface area contributed by atoms with Crippen molar-refractivity contribution < 1.29 is 4.42 Å². The zero-order valence-corrected chi connectivity index (χ0v) is 11.2. The number of nitrogens with one attached hydrogen (secondary N) is 1. The Hall–Kier alpha value is -1.06. The van der Waals surface area contributed by atoms with Crippen molar-refractivity contribution in [2.45, 2.75) is 32.7 Å². The molecule has 17 heavy (non-hydrogen) atoms. The molecule has 92 valence electrons. The number of furan rings is 1. The molecule has 0 aliphatic carbocycles. The molecule has 1 atom stereocenters. The fourth-order valence-corrected chi connectivity index (χ4v) is 2.96. The molecule has 0 fully saturated rings. The molecule has 1 unspecified atom stereocenters. The third kappa shape index (κ3) is 3.45. The highest BCUT2D eigenvalue weighted by Crippen LogP contribution is 2.26. The van der Waals surface area contributed by atoms with Crippen molar-refractivity contribution >= 4 is 11.3 Å². The zero-order valence-electron chi connectivity index (χ0n) is 10.4. The van der Waals surface area contributed by atoms with E-state index in [0.717, 1.165) is 25.1 Å². The minimum atomic E-state index is 0.448. The van der Waals surface area contributed by atoms with Gasteiger partial charge in [-0.05, 0) is 44.2 Å². The molecule has 0 aliphatic rings. The predicted molar refractivity (Wildman–Crippen MR) is 72.5 cm³/mol. The van der Waals surface area contributed by atoms with Gasteiger partial charge in [0.05, 0.1) is 6.26 Å². The van der Waals surface area contributed by atoms with Gasteiger partial charge in [0.15, 0.2) is 0 Å². The van der Waals surface area contributed by atoms with Crippen LogP contribution in [0.5, 0.6) is 0 Å². The van der Waals surface area contributed by atoms with Crippen molar-refractivity contribution in [1.82, 2.24) is 5.32 Å². The lowest BCUT2D eigenvalue weighted by molar-refractivity contribution is 0.462. The summed E-state index contributed by atoms with van der Waals surface area (Å²) in [5.41, 5.74) is 0. The Balaban J connectivity index is 1.97. The Morgan fingerprint density at radius 2 is 2.24 bits per heavy atom. The third-order valence-electron chi connectivity index (χ3n) is 2.81. The first-order valence-corrected chi connectivity index (χ1v) is 6.93. The van der Waals surface area contributed by atoms with Gasteiger partial charge in [0.1, 0.15) is 5.76 Å². The second-order valence-corrected chi connectivity index (χ2v) is 5.50. The number of hydrogen-bond acceptors (Lipinski definition) is 3. The molecule has 2 nitrogen and oxygen atoms in total. The number of hydrogen-bond donors (Lipinski definition) is 1. The van der Waals surface area contributed by atoms with Gasteiger partial charge in [-0.2, -0.15) is 0 Å². The van der Waals surface area contributed by atoms with Crippen LogP contribution in [0.25, 0.3) is 0 Å². The lowest BCUT2D eigenvalue weighted by Gasteiger charge is -2.15. The minimum absolute atomic E-state index is 0.448. The predicted octanol–water partition coefficient (Wildman–Crippen LogP) is 3.93. The van der Waals surface area contributed by atoms with Gasteiger partial charge in [0, 0.05) is 22.2 Å². The Morgan fingerprint density at radius 1 is 1.35 bits per heavy atom. The Morgan fingerprint density at radius 3 is 2.82 bits per heavy atom. The van der Waals surface area contributed by atoms with Gasteiger partial charge in [-0.3, -0.25) is 0 Å². The van der Waals surface area contributed by atoms with E-state index in [1.807, 2.05) is 23.5 Å². The maximum Gasteiger partial charge on any atom is 0.103 e. The molecule has 2 aromatic rings. The normalized spacial score (nSPS) is 12.8. The van der Waals surface area contributed by atoms with E-state index in [9.17, 15) is 0 Å². The molecule has 0 saturated carbocycles. The molecule has 0 aromatic carbocycles. The highest BCUT2D eigenvalue weighted by Gasteiger charge is 2.12. The smallest absolute Gasteiger partial charge is 0.103 e. The molecule has 0 bridgehead atoms. The summed E-state index contributed by atoms with van der Waals surface area (Å²) in [4.78, 5) is 2.80. The summed E-state index contributed by atoms with van der Waals surface area (Å²) in [6.45, 7) is 5.31. The van der Waals surface area contributed by atoms with Crippen LogP contribution in [0.15, 0.2) is 34.9 Å². The SMILES string of the molecule is CCNC(CCc1ccco1)c1ccc(C)s1. The van der Waals surface area contributed by atoms with Crippen LogP contribution in [0.2, 0.25) is 0 Å². The Bertz CT molecular complexity index is 433. The van der Waals surface area contributed by atoms with Gasteiger partial charge >= 0.3 is 0 Å². The van der Waals surface area contributed by atoms with Crippen molar-refractivity contribution in [3.63, 3.8) is 0 Å². The van der Waals surface area contributed by atoms with Crippen LogP contribution in [0.1, 0.15) is 34.9 Å². The molecule has 2 heterocycles. The summed E-state index contributed by atoms with van der Waals surface area (Å²) in [6.07, 6.45) is 3.82. The highest BCUT2D eigenvalue weighted by molar-refractivity contribution is 7.12. The first-order valence-electron chi connectivity index (χ1n) is 6.11. The zero-order chi connectivity index (χ0) is 12.1. The average molecular weight is 249 g/mol. The van der Waals surface area contributed by atoms with Crippen LogP contribution in [-0.4, -0.2) is 6.54 Å². The molecular formula is C14H19NOS. The van der Waals surface area contributed by atoms with Gasteiger partial charge in [-0.1, -0.05) is 6.92 Å². The summed E-state index contributed by atoms with van der Waals surface area (Å²) < 4.78 is 5.38. The fraction of sp³-hybridized carbons (Fsp3) is 0.429. The molecule has 3 heteroatoms. The van der Waals surface area contributed by atoms with E-state index in [2.05, 4.69) is 31.3 Å². The lowest BCUT2D eigenvalue weighted by atomic mass is 10.1. The Kier molecular flexibility index (Phi) is 4.40. The van der Waals surface area contributed by atoms with Gasteiger partial charge in [0.25, 0.3) is 0 Å². The number of thiophene rings is 1. The summed E-state index contributed by atoms with van der Waals surface area (Å²) in [7, 11) is 0. The summed E-state index contributed by atoms with van der Waals surface area (Å²) in [6, 6.07) is 8.87. The minimum Gasteiger partial charge on any atom is -0.469 e. The van der Waals surface area contributed by atoms with Crippen molar-refractivity contribution in [1.29, 1.82) is 0 Å². The molecule has 2 aromatic heterocycles. The van der Waals surface area contributed by atoms with Crippen LogP contribution in [-0.2, 0) is 6.42 Å². The quantitative estimate of drug-likeness (QED) is 0.839. The summed E-state index contributed by atoms with van der Waals surface area (Å²) in [5.74, 6) is 1.07. The number of aryl methyl sites for hydroxylation is 2. The van der Waals surface area contributed by atoms with Gasteiger partial charge < -0.3 is 9.73 Å². The van der Waals surface area contributed by atoms with Crippen LogP contribution < -0.4 is 5.32 Å². The molecule has 0 amide bonds. The largest absolute Gasteiger partial charge is 0.469 e. The maximum atomic E-state index is 5.38. The summed E-state index contributed by atoms with van der Waals surface area (Å²) >= 11 is 1.88. The molecule has 0 radical (unpaired) electrons. The lowest BCUT2D eigenvalue weighted by Crippen LogP contribution is -2.20. The molecule has 0 saturated heterocycles. The van der Waals surface area contributed by atoms with Crippen LogP contribution in [0.3, 0.4) is 0 Å². The van der Waals surface area contributed by atoms with E-state index in [1.54, 1.807) is 6.26 Å².